The molecule has 1 heterocycles. The maximum atomic E-state index is 13.0. The van der Waals surface area contributed by atoms with E-state index in [0.717, 1.165) is 43.0 Å². The maximum absolute atomic E-state index is 13.0. The summed E-state index contributed by atoms with van der Waals surface area (Å²) in [4.78, 5) is 30.6. The molecule has 2 N–H and O–H groups in total. The number of carbonyl (C=O) groups excluding carboxylic acids is 2. The van der Waals surface area contributed by atoms with E-state index in [1.807, 2.05) is 42.5 Å². The molecule has 2 amide bonds. The SMILES string of the molecule is Cc1cc(NC(=O)C[C@@H](NC(=O)c2ccccc2Cl)c2ccccc2)ccc1N1CCN(C)CC1. The zero-order valence-corrected chi connectivity index (χ0v) is 20.9. The van der Waals surface area contributed by atoms with E-state index in [1.165, 1.54) is 5.69 Å². The Hall–Kier alpha value is -3.35. The standard InChI is InChI=1S/C28H31ClN4O2/c1-20-18-22(12-13-26(20)33-16-14-32(2)15-17-33)30-27(34)19-25(21-8-4-3-5-9-21)31-28(35)23-10-6-7-11-24(23)29/h3-13,18,25H,14-17,19H2,1-2H3,(H,30,34)(H,31,35)/t25-/m1/s1. The van der Waals surface area contributed by atoms with Crippen LogP contribution in [0.25, 0.3) is 0 Å². The molecule has 4 rings (SSSR count). The van der Waals surface area contributed by atoms with Gasteiger partial charge in [-0.25, -0.2) is 0 Å². The van der Waals surface area contributed by atoms with Crippen LogP contribution in [-0.2, 0) is 4.79 Å². The van der Waals surface area contributed by atoms with Crippen LogP contribution in [0.4, 0.5) is 11.4 Å². The summed E-state index contributed by atoms with van der Waals surface area (Å²) in [6.07, 6.45) is 0.0967. The number of aryl methyl sites for hydroxylation is 1. The Bertz CT molecular complexity index is 1180. The highest BCUT2D eigenvalue weighted by molar-refractivity contribution is 6.33. The van der Waals surface area contributed by atoms with Crippen LogP contribution in [0.1, 0.15) is 33.9 Å². The largest absolute Gasteiger partial charge is 0.369 e. The lowest BCUT2D eigenvalue weighted by atomic mass is 10.0. The predicted octanol–water partition coefficient (Wildman–Crippen LogP) is 4.90. The second-order valence-electron chi connectivity index (χ2n) is 8.96. The van der Waals surface area contributed by atoms with Crippen LogP contribution in [0.15, 0.2) is 72.8 Å². The third kappa shape index (κ3) is 6.41. The Labute approximate surface area is 211 Å². The molecule has 3 aromatic carbocycles. The van der Waals surface area contributed by atoms with Gasteiger partial charge in [0.1, 0.15) is 0 Å². The van der Waals surface area contributed by atoms with E-state index in [4.69, 9.17) is 11.6 Å². The zero-order chi connectivity index (χ0) is 24.8. The summed E-state index contributed by atoms with van der Waals surface area (Å²) < 4.78 is 0. The van der Waals surface area contributed by atoms with Gasteiger partial charge in [0.2, 0.25) is 5.91 Å². The summed E-state index contributed by atoms with van der Waals surface area (Å²) in [6.45, 7) is 6.14. The van der Waals surface area contributed by atoms with Crippen molar-refractivity contribution in [2.75, 3.05) is 43.4 Å². The third-order valence-corrected chi connectivity index (χ3v) is 6.67. The number of amides is 2. The molecule has 0 bridgehead atoms. The van der Waals surface area contributed by atoms with Crippen molar-refractivity contribution in [2.45, 2.75) is 19.4 Å². The molecule has 7 heteroatoms. The number of carbonyl (C=O) groups is 2. The Morgan fingerprint density at radius 2 is 1.63 bits per heavy atom. The number of benzene rings is 3. The molecule has 1 aliphatic heterocycles. The van der Waals surface area contributed by atoms with Crippen molar-refractivity contribution in [3.8, 4) is 0 Å². The minimum absolute atomic E-state index is 0.0967. The number of nitrogens with one attached hydrogen (secondary N) is 2. The Balaban J connectivity index is 1.45. The number of rotatable bonds is 7. The molecule has 6 nitrogen and oxygen atoms in total. The van der Waals surface area contributed by atoms with E-state index in [9.17, 15) is 9.59 Å². The zero-order valence-electron chi connectivity index (χ0n) is 20.1. The van der Waals surface area contributed by atoms with Gasteiger partial charge in [0.15, 0.2) is 0 Å². The van der Waals surface area contributed by atoms with E-state index < -0.39 is 6.04 Å². The number of halogens is 1. The number of nitrogens with zero attached hydrogens (tertiary/aromatic N) is 2. The van der Waals surface area contributed by atoms with Crippen LogP contribution < -0.4 is 15.5 Å². The number of piperazine rings is 1. The van der Waals surface area contributed by atoms with Crippen molar-refractivity contribution in [1.82, 2.24) is 10.2 Å². The van der Waals surface area contributed by atoms with Gasteiger partial charge < -0.3 is 20.4 Å². The summed E-state index contributed by atoms with van der Waals surface area (Å²) in [5.74, 6) is -0.491. The first-order valence-electron chi connectivity index (χ1n) is 11.8. The van der Waals surface area contributed by atoms with Gasteiger partial charge in [-0.15, -0.1) is 0 Å². The number of hydrogen-bond acceptors (Lipinski definition) is 4. The number of hydrogen-bond donors (Lipinski definition) is 2. The monoisotopic (exact) mass is 490 g/mol. The molecular formula is C28H31ClN4O2. The predicted molar refractivity (Wildman–Crippen MR) is 142 cm³/mol. The molecule has 1 atom stereocenters. The fourth-order valence-corrected chi connectivity index (χ4v) is 4.57. The molecule has 35 heavy (non-hydrogen) atoms. The van der Waals surface area contributed by atoms with Crippen molar-refractivity contribution in [3.63, 3.8) is 0 Å². The number of anilines is 2. The highest BCUT2D eigenvalue weighted by Gasteiger charge is 2.21. The molecule has 0 spiro atoms. The summed E-state index contributed by atoms with van der Waals surface area (Å²) in [6, 6.07) is 21.9. The average Bonchev–Trinajstić information content (AvgIpc) is 2.85. The Kier molecular flexibility index (Phi) is 8.06. The maximum Gasteiger partial charge on any atom is 0.253 e. The van der Waals surface area contributed by atoms with Gasteiger partial charge in [-0.05, 0) is 55.4 Å². The summed E-state index contributed by atoms with van der Waals surface area (Å²) in [5, 5.41) is 6.35. The van der Waals surface area contributed by atoms with Gasteiger partial charge in [0, 0.05) is 37.6 Å². The van der Waals surface area contributed by atoms with Gasteiger partial charge >= 0.3 is 0 Å². The van der Waals surface area contributed by atoms with Crippen molar-refractivity contribution in [2.24, 2.45) is 0 Å². The smallest absolute Gasteiger partial charge is 0.253 e. The topological polar surface area (TPSA) is 64.7 Å². The Morgan fingerprint density at radius 1 is 0.943 bits per heavy atom. The molecule has 3 aromatic rings. The van der Waals surface area contributed by atoms with Gasteiger partial charge in [0.25, 0.3) is 5.91 Å². The van der Waals surface area contributed by atoms with Crippen LogP contribution >= 0.6 is 11.6 Å². The van der Waals surface area contributed by atoms with Crippen LogP contribution in [0.2, 0.25) is 5.02 Å². The van der Waals surface area contributed by atoms with Gasteiger partial charge in [-0.2, -0.15) is 0 Å². The first-order valence-corrected chi connectivity index (χ1v) is 12.2. The quantitative estimate of drug-likeness (QED) is 0.494. The lowest BCUT2D eigenvalue weighted by Crippen LogP contribution is -2.44. The first kappa shape index (κ1) is 24.8. The lowest BCUT2D eigenvalue weighted by Gasteiger charge is -2.35. The minimum Gasteiger partial charge on any atom is -0.369 e. The molecule has 0 saturated carbocycles. The summed E-state index contributed by atoms with van der Waals surface area (Å²) >= 11 is 6.21. The molecule has 1 aliphatic rings. The van der Waals surface area contributed by atoms with E-state index in [2.05, 4.69) is 40.5 Å². The van der Waals surface area contributed by atoms with Crippen molar-refractivity contribution in [1.29, 1.82) is 0 Å². The average molecular weight is 491 g/mol. The van der Waals surface area contributed by atoms with Crippen LogP contribution in [0.3, 0.4) is 0 Å². The molecular weight excluding hydrogens is 460 g/mol. The first-order chi connectivity index (χ1) is 16.9. The van der Waals surface area contributed by atoms with Crippen molar-refractivity contribution in [3.05, 3.63) is 94.5 Å². The normalized spacial score (nSPS) is 14.9. The summed E-state index contributed by atoms with van der Waals surface area (Å²) in [5.41, 5.74) is 4.30. The van der Waals surface area contributed by atoms with Crippen LogP contribution in [0, 0.1) is 6.92 Å². The third-order valence-electron chi connectivity index (χ3n) is 6.34. The summed E-state index contributed by atoms with van der Waals surface area (Å²) in [7, 11) is 2.14. The molecule has 1 fully saturated rings. The second-order valence-corrected chi connectivity index (χ2v) is 9.37. The van der Waals surface area contributed by atoms with Gasteiger partial charge in [-0.1, -0.05) is 54.1 Å². The fraction of sp³-hybridized carbons (Fsp3) is 0.286. The van der Waals surface area contributed by atoms with Crippen LogP contribution in [0.5, 0.6) is 0 Å². The minimum atomic E-state index is -0.495. The van der Waals surface area contributed by atoms with Gasteiger partial charge in [-0.3, -0.25) is 9.59 Å². The van der Waals surface area contributed by atoms with Crippen molar-refractivity contribution < 1.29 is 9.59 Å². The molecule has 0 unspecified atom stereocenters. The molecule has 1 saturated heterocycles. The number of likely N-dealkylation sites (N-methyl/N-ethyl adjacent to an activating group) is 1. The van der Waals surface area contributed by atoms with E-state index in [0.29, 0.717) is 10.6 Å². The van der Waals surface area contributed by atoms with E-state index in [-0.39, 0.29) is 18.2 Å². The highest BCUT2D eigenvalue weighted by atomic mass is 35.5. The molecule has 0 aromatic heterocycles. The fourth-order valence-electron chi connectivity index (χ4n) is 4.35. The highest BCUT2D eigenvalue weighted by Crippen LogP contribution is 2.26. The Morgan fingerprint density at radius 3 is 2.31 bits per heavy atom. The molecule has 0 aliphatic carbocycles. The van der Waals surface area contributed by atoms with E-state index >= 15 is 0 Å². The molecule has 182 valence electrons. The second kappa shape index (κ2) is 11.4. The van der Waals surface area contributed by atoms with E-state index in [1.54, 1.807) is 24.3 Å². The van der Waals surface area contributed by atoms with Crippen molar-refractivity contribution >= 4 is 34.8 Å². The molecule has 0 radical (unpaired) electrons. The lowest BCUT2D eigenvalue weighted by molar-refractivity contribution is -0.116. The van der Waals surface area contributed by atoms with Crippen LogP contribution in [-0.4, -0.2) is 49.9 Å². The van der Waals surface area contributed by atoms with Gasteiger partial charge in [0.05, 0.1) is 23.0 Å².